The molecular weight excluding hydrogens is 350 g/mol. The fourth-order valence-electron chi connectivity index (χ4n) is 2.38. The molecule has 0 aliphatic carbocycles. The maximum Gasteiger partial charge on any atom is 0.240 e. The lowest BCUT2D eigenvalue weighted by Crippen LogP contribution is -2.29. The van der Waals surface area contributed by atoms with Crippen molar-refractivity contribution < 1.29 is 8.42 Å². The minimum Gasteiger partial charge on any atom is -0.367 e. The van der Waals surface area contributed by atoms with Crippen molar-refractivity contribution in [3.63, 3.8) is 0 Å². The van der Waals surface area contributed by atoms with E-state index in [-0.39, 0.29) is 11.4 Å². The topological polar surface area (TPSA) is 88.9 Å². The molecule has 2 aromatic heterocycles. The Labute approximate surface area is 153 Å². The summed E-state index contributed by atoms with van der Waals surface area (Å²) in [5, 5.41) is 11.3. The SMILES string of the molecule is Cc1ccc(S(=O)(=O)NCCNc2ccc(-n3cccc3)nn2)cc1C. The van der Waals surface area contributed by atoms with Crippen molar-refractivity contribution in [3.05, 3.63) is 66.0 Å². The summed E-state index contributed by atoms with van der Waals surface area (Å²) >= 11 is 0. The average Bonchev–Trinajstić information content (AvgIpc) is 3.16. The number of sulfonamides is 1. The number of anilines is 1. The van der Waals surface area contributed by atoms with Gasteiger partial charge in [-0.25, -0.2) is 13.1 Å². The van der Waals surface area contributed by atoms with E-state index in [1.54, 1.807) is 18.2 Å². The molecule has 0 saturated carbocycles. The number of aryl methyl sites for hydroxylation is 2. The van der Waals surface area contributed by atoms with Crippen molar-refractivity contribution >= 4 is 15.8 Å². The molecule has 3 aromatic rings. The van der Waals surface area contributed by atoms with Gasteiger partial charge in [0, 0.05) is 25.5 Å². The third kappa shape index (κ3) is 4.27. The summed E-state index contributed by atoms with van der Waals surface area (Å²) < 4.78 is 29.1. The second-order valence-electron chi connectivity index (χ2n) is 5.94. The molecule has 3 rings (SSSR count). The molecule has 0 aliphatic heterocycles. The van der Waals surface area contributed by atoms with Gasteiger partial charge in [-0.05, 0) is 61.4 Å². The van der Waals surface area contributed by atoms with E-state index in [9.17, 15) is 8.42 Å². The fourth-order valence-corrected chi connectivity index (χ4v) is 3.50. The van der Waals surface area contributed by atoms with Gasteiger partial charge < -0.3 is 9.88 Å². The van der Waals surface area contributed by atoms with Crippen LogP contribution in [0.25, 0.3) is 5.82 Å². The minimum absolute atomic E-state index is 0.246. The van der Waals surface area contributed by atoms with E-state index in [4.69, 9.17) is 0 Å². The first-order chi connectivity index (χ1) is 12.5. The quantitative estimate of drug-likeness (QED) is 0.622. The summed E-state index contributed by atoms with van der Waals surface area (Å²) in [5.74, 6) is 1.31. The molecular formula is C18H21N5O2S. The van der Waals surface area contributed by atoms with Crippen molar-refractivity contribution in [1.82, 2.24) is 19.5 Å². The molecule has 8 heteroatoms. The number of aromatic nitrogens is 3. The summed E-state index contributed by atoms with van der Waals surface area (Å²) in [6, 6.07) is 12.6. The highest BCUT2D eigenvalue weighted by Crippen LogP contribution is 2.14. The van der Waals surface area contributed by atoms with E-state index >= 15 is 0 Å². The lowest BCUT2D eigenvalue weighted by atomic mass is 10.1. The fraction of sp³-hybridized carbons (Fsp3) is 0.222. The normalized spacial score (nSPS) is 11.5. The Bertz CT molecular complexity index is 967. The van der Waals surface area contributed by atoms with E-state index in [0.717, 1.165) is 16.9 Å². The Balaban J connectivity index is 1.52. The van der Waals surface area contributed by atoms with Crippen molar-refractivity contribution in [2.75, 3.05) is 18.4 Å². The second-order valence-corrected chi connectivity index (χ2v) is 7.70. The summed E-state index contributed by atoms with van der Waals surface area (Å²) in [5.41, 5.74) is 2.01. The molecule has 2 N–H and O–H groups in total. The molecule has 0 bridgehead atoms. The van der Waals surface area contributed by atoms with Gasteiger partial charge in [0.1, 0.15) is 5.82 Å². The van der Waals surface area contributed by atoms with Crippen LogP contribution >= 0.6 is 0 Å². The molecule has 26 heavy (non-hydrogen) atoms. The summed E-state index contributed by atoms with van der Waals surface area (Å²) in [6.07, 6.45) is 3.78. The first-order valence-electron chi connectivity index (χ1n) is 8.23. The van der Waals surface area contributed by atoms with Crippen molar-refractivity contribution in [3.8, 4) is 5.82 Å². The van der Waals surface area contributed by atoms with Crippen molar-refractivity contribution in [2.45, 2.75) is 18.7 Å². The van der Waals surface area contributed by atoms with Gasteiger partial charge in [0.2, 0.25) is 10.0 Å². The molecule has 0 amide bonds. The molecule has 0 atom stereocenters. The Kier molecular flexibility index (Phi) is 5.34. The Hall–Kier alpha value is -2.71. The minimum atomic E-state index is -3.52. The van der Waals surface area contributed by atoms with E-state index in [1.165, 1.54) is 0 Å². The number of hydrogen-bond donors (Lipinski definition) is 2. The Morgan fingerprint density at radius 2 is 1.73 bits per heavy atom. The first kappa shape index (κ1) is 18.1. The molecule has 0 fully saturated rings. The Morgan fingerprint density at radius 1 is 0.962 bits per heavy atom. The van der Waals surface area contributed by atoms with Crippen LogP contribution in [-0.2, 0) is 10.0 Å². The predicted molar refractivity (Wildman–Crippen MR) is 101 cm³/mol. The van der Waals surface area contributed by atoms with Gasteiger partial charge in [-0.15, -0.1) is 10.2 Å². The van der Waals surface area contributed by atoms with E-state index in [2.05, 4.69) is 20.2 Å². The number of hydrogen-bond acceptors (Lipinski definition) is 5. The summed E-state index contributed by atoms with van der Waals surface area (Å²) in [7, 11) is -3.52. The smallest absolute Gasteiger partial charge is 0.240 e. The van der Waals surface area contributed by atoms with Gasteiger partial charge in [0.05, 0.1) is 4.90 Å². The highest BCUT2D eigenvalue weighted by Gasteiger charge is 2.13. The molecule has 136 valence electrons. The molecule has 2 heterocycles. The molecule has 0 spiro atoms. The highest BCUT2D eigenvalue weighted by atomic mass is 32.2. The molecule has 7 nitrogen and oxygen atoms in total. The third-order valence-corrected chi connectivity index (χ3v) is 5.49. The molecule has 0 saturated heterocycles. The van der Waals surface area contributed by atoms with E-state index < -0.39 is 10.0 Å². The van der Waals surface area contributed by atoms with Crippen LogP contribution in [0.15, 0.2) is 59.8 Å². The van der Waals surface area contributed by atoms with Gasteiger partial charge in [-0.3, -0.25) is 0 Å². The van der Waals surface area contributed by atoms with E-state index in [1.807, 2.05) is 55.1 Å². The van der Waals surface area contributed by atoms with Crippen molar-refractivity contribution in [1.29, 1.82) is 0 Å². The summed E-state index contributed by atoms with van der Waals surface area (Å²) in [6.45, 7) is 4.50. The van der Waals surface area contributed by atoms with Crippen LogP contribution in [0.2, 0.25) is 0 Å². The van der Waals surface area contributed by atoms with Crippen molar-refractivity contribution in [2.24, 2.45) is 0 Å². The largest absolute Gasteiger partial charge is 0.367 e. The van der Waals surface area contributed by atoms with Crippen LogP contribution in [0.1, 0.15) is 11.1 Å². The van der Waals surface area contributed by atoms with Gasteiger partial charge in [0.15, 0.2) is 5.82 Å². The Morgan fingerprint density at radius 3 is 2.38 bits per heavy atom. The highest BCUT2D eigenvalue weighted by molar-refractivity contribution is 7.89. The molecule has 0 radical (unpaired) electrons. The van der Waals surface area contributed by atoms with Crippen LogP contribution in [-0.4, -0.2) is 36.3 Å². The second kappa shape index (κ2) is 7.67. The molecule has 0 unspecified atom stereocenters. The van der Waals surface area contributed by atoms with Crippen LogP contribution in [0, 0.1) is 13.8 Å². The zero-order valence-electron chi connectivity index (χ0n) is 14.7. The van der Waals surface area contributed by atoms with Crippen LogP contribution in [0.3, 0.4) is 0 Å². The maximum absolute atomic E-state index is 12.3. The van der Waals surface area contributed by atoms with Gasteiger partial charge in [0.25, 0.3) is 0 Å². The van der Waals surface area contributed by atoms with Crippen LogP contribution < -0.4 is 10.0 Å². The van der Waals surface area contributed by atoms with Gasteiger partial charge >= 0.3 is 0 Å². The maximum atomic E-state index is 12.3. The van der Waals surface area contributed by atoms with Gasteiger partial charge in [-0.2, -0.15) is 0 Å². The zero-order valence-corrected chi connectivity index (χ0v) is 15.5. The standard InChI is InChI=1S/C18H21N5O2S/c1-14-5-6-16(13-15(14)2)26(24,25)20-10-9-19-17-7-8-18(22-21-17)23-11-3-4-12-23/h3-8,11-13,20H,9-10H2,1-2H3,(H,19,21). The average molecular weight is 371 g/mol. The number of rotatable bonds is 7. The van der Waals surface area contributed by atoms with Crippen LogP contribution in [0.4, 0.5) is 5.82 Å². The third-order valence-electron chi connectivity index (χ3n) is 4.03. The van der Waals surface area contributed by atoms with Gasteiger partial charge in [-0.1, -0.05) is 6.07 Å². The molecule has 0 aliphatic rings. The lowest BCUT2D eigenvalue weighted by Gasteiger charge is -2.10. The molecule has 1 aromatic carbocycles. The summed E-state index contributed by atoms with van der Waals surface area (Å²) in [4.78, 5) is 0.275. The van der Waals surface area contributed by atoms with Crippen LogP contribution in [0.5, 0.6) is 0 Å². The predicted octanol–water partition coefficient (Wildman–Crippen LogP) is 2.27. The monoisotopic (exact) mass is 371 g/mol. The number of nitrogens with one attached hydrogen (secondary N) is 2. The van der Waals surface area contributed by atoms with E-state index in [0.29, 0.717) is 12.4 Å². The first-order valence-corrected chi connectivity index (χ1v) is 9.72. The lowest BCUT2D eigenvalue weighted by molar-refractivity contribution is 0.582. The zero-order chi connectivity index (χ0) is 18.6. The number of benzene rings is 1. The number of nitrogens with zero attached hydrogens (tertiary/aromatic N) is 3.